The minimum Gasteiger partial charge on any atom is -0.494 e. The third-order valence-electron chi connectivity index (χ3n) is 5.17. The van der Waals surface area contributed by atoms with Crippen molar-refractivity contribution < 1.29 is 28.2 Å². The molecule has 1 aliphatic heterocycles. The van der Waals surface area contributed by atoms with Crippen LogP contribution in [0.2, 0.25) is 0 Å². The second kappa shape index (κ2) is 10.1. The summed E-state index contributed by atoms with van der Waals surface area (Å²) in [7, 11) is 0. The van der Waals surface area contributed by atoms with Gasteiger partial charge in [0.15, 0.2) is 0 Å². The van der Waals surface area contributed by atoms with E-state index in [0.717, 1.165) is 10.6 Å². The molecule has 4 amide bonds. The first-order valence-electron chi connectivity index (χ1n) is 10.4. The molecular weight excluding hydrogens is 417 g/mol. The summed E-state index contributed by atoms with van der Waals surface area (Å²) in [5.41, 5.74) is -0.853. The van der Waals surface area contributed by atoms with Crippen LogP contribution < -0.4 is 20.1 Å². The molecule has 0 radical (unpaired) electrons. The van der Waals surface area contributed by atoms with Crippen LogP contribution in [0.4, 0.5) is 9.18 Å². The molecule has 2 aromatic carbocycles. The molecule has 3 rings (SSSR count). The third-order valence-corrected chi connectivity index (χ3v) is 5.17. The van der Waals surface area contributed by atoms with Crippen molar-refractivity contribution in [2.24, 2.45) is 0 Å². The molecule has 1 aliphatic rings. The number of nitrogens with one attached hydrogen (secondary N) is 2. The molecular formula is C23H26FN3O5. The van der Waals surface area contributed by atoms with Crippen molar-refractivity contribution in [1.29, 1.82) is 0 Å². The number of nitrogens with zero attached hydrogens (tertiary/aromatic N) is 1. The van der Waals surface area contributed by atoms with Crippen molar-refractivity contribution in [1.82, 2.24) is 15.5 Å². The fourth-order valence-electron chi connectivity index (χ4n) is 3.50. The topological polar surface area (TPSA) is 97.0 Å². The molecule has 9 heteroatoms. The lowest BCUT2D eigenvalue weighted by Gasteiger charge is -2.25. The van der Waals surface area contributed by atoms with E-state index >= 15 is 0 Å². The molecule has 1 fully saturated rings. The van der Waals surface area contributed by atoms with Gasteiger partial charge in [-0.15, -0.1) is 0 Å². The molecule has 1 atom stereocenters. The van der Waals surface area contributed by atoms with Gasteiger partial charge in [0.2, 0.25) is 5.91 Å². The number of hydrogen-bond acceptors (Lipinski definition) is 5. The maximum atomic E-state index is 13.3. The molecule has 0 saturated carbocycles. The Balaban J connectivity index is 1.51. The maximum Gasteiger partial charge on any atom is 0.325 e. The van der Waals surface area contributed by atoms with Gasteiger partial charge in [-0.3, -0.25) is 14.5 Å². The monoisotopic (exact) mass is 443 g/mol. The lowest BCUT2D eigenvalue weighted by molar-refractivity contribution is -0.135. The van der Waals surface area contributed by atoms with Crippen molar-refractivity contribution in [2.45, 2.75) is 25.8 Å². The smallest absolute Gasteiger partial charge is 0.325 e. The highest BCUT2D eigenvalue weighted by molar-refractivity contribution is 6.09. The van der Waals surface area contributed by atoms with E-state index in [1.165, 1.54) is 24.3 Å². The normalized spacial score (nSPS) is 17.8. The Morgan fingerprint density at radius 1 is 1.03 bits per heavy atom. The molecule has 2 aromatic rings. The van der Waals surface area contributed by atoms with Gasteiger partial charge >= 0.3 is 6.03 Å². The van der Waals surface area contributed by atoms with Gasteiger partial charge in [-0.1, -0.05) is 19.1 Å². The minimum absolute atomic E-state index is 0.201. The Hall–Kier alpha value is -3.62. The predicted molar refractivity (Wildman–Crippen MR) is 115 cm³/mol. The first kappa shape index (κ1) is 23.1. The quantitative estimate of drug-likeness (QED) is 0.435. The minimum atomic E-state index is -1.32. The summed E-state index contributed by atoms with van der Waals surface area (Å²) in [6.45, 7) is 4.21. The van der Waals surface area contributed by atoms with Gasteiger partial charge in [0.05, 0.1) is 13.2 Å². The maximum absolute atomic E-state index is 13.3. The number of carbonyl (C=O) groups excluding carboxylic acids is 3. The molecule has 0 aromatic heterocycles. The number of imide groups is 1. The van der Waals surface area contributed by atoms with E-state index in [-0.39, 0.29) is 19.6 Å². The summed E-state index contributed by atoms with van der Waals surface area (Å²) in [6.07, 6.45) is 0.261. The van der Waals surface area contributed by atoms with Crippen molar-refractivity contribution in [3.8, 4) is 11.5 Å². The molecule has 1 saturated heterocycles. The zero-order valence-corrected chi connectivity index (χ0v) is 18.0. The van der Waals surface area contributed by atoms with Crippen LogP contribution in [0.15, 0.2) is 48.5 Å². The van der Waals surface area contributed by atoms with Crippen molar-refractivity contribution in [3.05, 3.63) is 59.9 Å². The van der Waals surface area contributed by atoms with Gasteiger partial charge in [0.1, 0.15) is 36.0 Å². The van der Waals surface area contributed by atoms with Crippen molar-refractivity contribution >= 4 is 17.8 Å². The first-order chi connectivity index (χ1) is 15.4. The summed E-state index contributed by atoms with van der Waals surface area (Å²) in [4.78, 5) is 38.6. The van der Waals surface area contributed by atoms with E-state index < -0.39 is 35.7 Å². The number of ether oxygens (including phenoxy) is 2. The third kappa shape index (κ3) is 4.99. The average molecular weight is 443 g/mol. The fourth-order valence-corrected chi connectivity index (χ4v) is 3.50. The van der Waals surface area contributed by atoms with Crippen LogP contribution in [0.3, 0.4) is 0 Å². The Bertz CT molecular complexity index is 965. The van der Waals surface area contributed by atoms with Crippen molar-refractivity contribution in [2.75, 3.05) is 26.3 Å². The van der Waals surface area contributed by atoms with Crippen LogP contribution in [0.25, 0.3) is 0 Å². The van der Waals surface area contributed by atoms with Crippen LogP contribution >= 0.6 is 0 Å². The zero-order valence-electron chi connectivity index (χ0n) is 18.0. The summed E-state index contributed by atoms with van der Waals surface area (Å²) in [5, 5.41) is 5.29. The Labute approximate surface area is 185 Å². The highest BCUT2D eigenvalue weighted by Crippen LogP contribution is 2.32. The average Bonchev–Trinajstić information content (AvgIpc) is 3.03. The Morgan fingerprint density at radius 3 is 2.25 bits per heavy atom. The second-order valence-corrected chi connectivity index (χ2v) is 7.19. The summed E-state index contributed by atoms with van der Waals surface area (Å²) >= 11 is 0. The molecule has 32 heavy (non-hydrogen) atoms. The highest BCUT2D eigenvalue weighted by atomic mass is 19.1. The van der Waals surface area contributed by atoms with Crippen LogP contribution in [0, 0.1) is 5.82 Å². The van der Waals surface area contributed by atoms with Crippen LogP contribution in [0.1, 0.15) is 25.8 Å². The van der Waals surface area contributed by atoms with Gasteiger partial charge in [-0.2, -0.15) is 0 Å². The Kier molecular flexibility index (Phi) is 7.29. The van der Waals surface area contributed by atoms with E-state index in [1.807, 2.05) is 6.92 Å². The molecule has 170 valence electrons. The van der Waals surface area contributed by atoms with E-state index in [9.17, 15) is 18.8 Å². The molecule has 0 spiro atoms. The molecule has 0 aliphatic carbocycles. The first-order valence-corrected chi connectivity index (χ1v) is 10.4. The lowest BCUT2D eigenvalue weighted by Crippen LogP contribution is -2.45. The molecule has 0 bridgehead atoms. The van der Waals surface area contributed by atoms with Crippen molar-refractivity contribution in [3.63, 3.8) is 0 Å². The van der Waals surface area contributed by atoms with Gasteiger partial charge in [-0.25, -0.2) is 9.18 Å². The Morgan fingerprint density at radius 2 is 1.66 bits per heavy atom. The summed E-state index contributed by atoms with van der Waals surface area (Å²) in [5.74, 6) is -0.109. The van der Waals surface area contributed by atoms with Crippen LogP contribution in [0.5, 0.6) is 11.5 Å². The molecule has 2 N–H and O–H groups in total. The number of hydrogen-bond donors (Lipinski definition) is 2. The zero-order chi connectivity index (χ0) is 23.1. The highest BCUT2D eigenvalue weighted by Gasteiger charge is 2.51. The van der Waals surface area contributed by atoms with Gasteiger partial charge in [0.25, 0.3) is 5.91 Å². The van der Waals surface area contributed by atoms with Gasteiger partial charge in [-0.05, 0) is 55.3 Å². The SMILES string of the molecule is CCOc1ccc(OCCNC(=O)CN2C(=O)N[C@@](CC)(c3ccc(F)cc3)C2=O)cc1. The lowest BCUT2D eigenvalue weighted by atomic mass is 9.87. The predicted octanol–water partition coefficient (Wildman–Crippen LogP) is 2.58. The van der Waals surface area contributed by atoms with Gasteiger partial charge < -0.3 is 20.1 Å². The molecule has 1 heterocycles. The number of benzene rings is 2. The van der Waals surface area contributed by atoms with E-state index in [1.54, 1.807) is 31.2 Å². The van der Waals surface area contributed by atoms with E-state index in [4.69, 9.17) is 9.47 Å². The van der Waals surface area contributed by atoms with Crippen LogP contribution in [-0.2, 0) is 15.1 Å². The largest absolute Gasteiger partial charge is 0.494 e. The second-order valence-electron chi connectivity index (χ2n) is 7.19. The van der Waals surface area contributed by atoms with E-state index in [2.05, 4.69) is 10.6 Å². The fraction of sp³-hybridized carbons (Fsp3) is 0.348. The van der Waals surface area contributed by atoms with Crippen LogP contribution in [-0.4, -0.2) is 49.0 Å². The number of rotatable bonds is 10. The van der Waals surface area contributed by atoms with E-state index in [0.29, 0.717) is 17.9 Å². The number of urea groups is 1. The summed E-state index contributed by atoms with van der Waals surface area (Å²) < 4.78 is 24.2. The number of halogens is 1. The summed E-state index contributed by atoms with van der Waals surface area (Å²) in [6, 6.07) is 11.8. The molecule has 0 unspecified atom stereocenters. The van der Waals surface area contributed by atoms with Gasteiger partial charge in [0, 0.05) is 0 Å². The number of amides is 4. The number of carbonyl (C=O) groups is 3. The standard InChI is InChI=1S/C23H26FN3O5/c1-3-23(16-5-7-17(24)8-6-16)21(29)27(22(30)26-23)15-20(28)25-13-14-32-19-11-9-18(10-12-19)31-4-2/h5-12H,3-4,13-15H2,1-2H3,(H,25,28)(H,26,30)/t23-/m0/s1. The molecule has 8 nitrogen and oxygen atoms in total.